The molecule has 7 rings (SSSR count). The highest BCUT2D eigenvalue weighted by Gasteiger charge is 2.52. The van der Waals surface area contributed by atoms with Crippen LogP contribution in [0.1, 0.15) is 54.4 Å². The van der Waals surface area contributed by atoms with Crippen LogP contribution < -0.4 is 10.1 Å². The Balaban J connectivity index is 1.09. The fourth-order valence-electron chi connectivity index (χ4n) is 6.66. The summed E-state index contributed by atoms with van der Waals surface area (Å²) in [5.74, 6) is 3.90. The van der Waals surface area contributed by atoms with Gasteiger partial charge in [-0.15, -0.1) is 0 Å². The molecular formula is C27H28BrN3O2. The monoisotopic (exact) mass is 505 g/mol. The normalized spacial score (nSPS) is 27.5. The number of carbonyl (C=O) groups excluding carboxylic acids is 1. The van der Waals surface area contributed by atoms with Crippen molar-refractivity contribution >= 4 is 27.7 Å². The third-order valence-electron chi connectivity index (χ3n) is 7.77. The molecule has 1 N–H and O–H groups in total. The smallest absolute Gasteiger partial charge is 0.256 e. The molecule has 0 atom stereocenters. The summed E-state index contributed by atoms with van der Waals surface area (Å²) in [7, 11) is 0. The van der Waals surface area contributed by atoms with Gasteiger partial charge in [-0.3, -0.25) is 9.48 Å². The van der Waals surface area contributed by atoms with E-state index in [0.29, 0.717) is 18.0 Å². The summed E-state index contributed by atoms with van der Waals surface area (Å²) in [6.07, 6.45) is 10.0. The molecule has 6 heteroatoms. The molecule has 0 aliphatic heterocycles. The molecule has 4 bridgehead atoms. The topological polar surface area (TPSA) is 56.2 Å². The molecule has 3 aromatic rings. The third kappa shape index (κ3) is 4.10. The Bertz CT molecular complexity index is 1130. The Morgan fingerprint density at radius 3 is 2.33 bits per heavy atom. The van der Waals surface area contributed by atoms with Gasteiger partial charge < -0.3 is 10.1 Å². The largest absolute Gasteiger partial charge is 0.488 e. The molecule has 0 radical (unpaired) electrons. The molecule has 5 nitrogen and oxygen atoms in total. The number of hydrogen-bond donors (Lipinski definition) is 1. The highest BCUT2D eigenvalue weighted by molar-refractivity contribution is 9.10. The predicted octanol–water partition coefficient (Wildman–Crippen LogP) is 6.40. The van der Waals surface area contributed by atoms with E-state index in [2.05, 4.69) is 32.1 Å². The number of halogens is 1. The number of ether oxygens (including phenoxy) is 1. The fourth-order valence-corrected chi connectivity index (χ4v) is 7.06. The second-order valence-corrected chi connectivity index (χ2v) is 11.0. The average molecular weight is 506 g/mol. The summed E-state index contributed by atoms with van der Waals surface area (Å²) in [5, 5.41) is 7.80. The third-order valence-corrected chi connectivity index (χ3v) is 8.42. The second-order valence-electron chi connectivity index (χ2n) is 10.2. The minimum absolute atomic E-state index is 0.135. The maximum absolute atomic E-state index is 12.8. The number of benzene rings is 2. The van der Waals surface area contributed by atoms with Crippen LogP contribution in [0.25, 0.3) is 0 Å². The lowest BCUT2D eigenvalue weighted by atomic mass is 9.53. The van der Waals surface area contributed by atoms with E-state index < -0.39 is 0 Å². The van der Waals surface area contributed by atoms with Gasteiger partial charge in [0, 0.05) is 17.8 Å². The average Bonchev–Trinajstić information content (AvgIpc) is 3.27. The van der Waals surface area contributed by atoms with Crippen molar-refractivity contribution in [3.63, 3.8) is 0 Å². The van der Waals surface area contributed by atoms with Crippen LogP contribution in [0.2, 0.25) is 0 Å². The SMILES string of the molecule is O=C(Nc1ccn(C23CC4CC(CC(C4)C2)C3)n1)c1ccc(COc2ccccc2Br)cc1. The first-order valence-corrected chi connectivity index (χ1v) is 12.7. The van der Waals surface area contributed by atoms with Gasteiger partial charge in [-0.05, 0) is 102 Å². The first-order chi connectivity index (χ1) is 16.1. The van der Waals surface area contributed by atoms with Crippen LogP contribution in [0.4, 0.5) is 5.82 Å². The van der Waals surface area contributed by atoms with Crippen molar-refractivity contribution in [3.05, 3.63) is 76.4 Å². The maximum Gasteiger partial charge on any atom is 0.256 e. The van der Waals surface area contributed by atoms with E-state index in [9.17, 15) is 4.79 Å². The summed E-state index contributed by atoms with van der Waals surface area (Å²) in [6.45, 7) is 0.444. The van der Waals surface area contributed by atoms with Crippen molar-refractivity contribution in [2.24, 2.45) is 17.8 Å². The van der Waals surface area contributed by atoms with Crippen LogP contribution in [0, 0.1) is 17.8 Å². The van der Waals surface area contributed by atoms with E-state index in [1.807, 2.05) is 54.6 Å². The van der Waals surface area contributed by atoms with Crippen molar-refractivity contribution < 1.29 is 9.53 Å². The number of hydrogen-bond acceptors (Lipinski definition) is 3. The van der Waals surface area contributed by atoms with Crippen LogP contribution in [-0.4, -0.2) is 15.7 Å². The van der Waals surface area contributed by atoms with Crippen molar-refractivity contribution in [3.8, 4) is 5.75 Å². The van der Waals surface area contributed by atoms with Gasteiger partial charge in [-0.1, -0.05) is 24.3 Å². The van der Waals surface area contributed by atoms with E-state index in [1.54, 1.807) is 0 Å². The van der Waals surface area contributed by atoms with Crippen LogP contribution in [0.5, 0.6) is 5.75 Å². The molecule has 1 heterocycles. The molecular weight excluding hydrogens is 478 g/mol. The predicted molar refractivity (Wildman–Crippen MR) is 131 cm³/mol. The van der Waals surface area contributed by atoms with E-state index >= 15 is 0 Å². The van der Waals surface area contributed by atoms with Crippen LogP contribution in [0.3, 0.4) is 0 Å². The van der Waals surface area contributed by atoms with Gasteiger partial charge in [0.1, 0.15) is 12.4 Å². The Hall–Kier alpha value is -2.60. The van der Waals surface area contributed by atoms with Gasteiger partial charge in [0.15, 0.2) is 5.82 Å². The van der Waals surface area contributed by atoms with Gasteiger partial charge in [0.2, 0.25) is 0 Å². The molecule has 0 spiro atoms. The molecule has 0 saturated heterocycles. The van der Waals surface area contributed by atoms with Crippen LogP contribution >= 0.6 is 15.9 Å². The highest BCUT2D eigenvalue weighted by Crippen LogP contribution is 2.58. The Morgan fingerprint density at radius 2 is 1.67 bits per heavy atom. The number of para-hydroxylation sites is 1. The van der Waals surface area contributed by atoms with Gasteiger partial charge in [-0.2, -0.15) is 5.10 Å². The van der Waals surface area contributed by atoms with Gasteiger partial charge in [0.25, 0.3) is 5.91 Å². The molecule has 170 valence electrons. The van der Waals surface area contributed by atoms with Crippen molar-refractivity contribution in [2.75, 3.05) is 5.32 Å². The minimum Gasteiger partial charge on any atom is -0.488 e. The molecule has 4 aliphatic rings. The number of amides is 1. The molecule has 4 saturated carbocycles. The van der Waals surface area contributed by atoms with Crippen molar-refractivity contribution in [1.82, 2.24) is 9.78 Å². The zero-order valence-corrected chi connectivity index (χ0v) is 20.1. The maximum atomic E-state index is 12.8. The zero-order chi connectivity index (χ0) is 22.4. The molecule has 33 heavy (non-hydrogen) atoms. The van der Waals surface area contributed by atoms with E-state index in [-0.39, 0.29) is 11.4 Å². The number of nitrogens with zero attached hydrogens (tertiary/aromatic N) is 2. The van der Waals surface area contributed by atoms with Crippen molar-refractivity contribution in [1.29, 1.82) is 0 Å². The Morgan fingerprint density at radius 1 is 1.00 bits per heavy atom. The summed E-state index contributed by atoms with van der Waals surface area (Å²) < 4.78 is 8.96. The van der Waals surface area contributed by atoms with E-state index in [0.717, 1.165) is 33.5 Å². The number of carbonyl (C=O) groups is 1. The van der Waals surface area contributed by atoms with Crippen LogP contribution in [0.15, 0.2) is 65.3 Å². The molecule has 4 fully saturated rings. The number of rotatable bonds is 6. The lowest BCUT2D eigenvalue weighted by Crippen LogP contribution is -2.52. The second kappa shape index (κ2) is 8.32. The van der Waals surface area contributed by atoms with Gasteiger partial charge in [0.05, 0.1) is 10.0 Å². The zero-order valence-electron chi connectivity index (χ0n) is 18.5. The highest BCUT2D eigenvalue weighted by atomic mass is 79.9. The fraction of sp³-hybridized carbons (Fsp3) is 0.407. The number of aromatic nitrogens is 2. The summed E-state index contributed by atoms with van der Waals surface area (Å²) in [6, 6.07) is 17.3. The first kappa shape index (κ1) is 21.0. The van der Waals surface area contributed by atoms with E-state index in [1.165, 1.54) is 38.5 Å². The molecule has 0 unspecified atom stereocenters. The summed E-state index contributed by atoms with van der Waals surface area (Å²) in [4.78, 5) is 12.8. The van der Waals surface area contributed by atoms with Crippen molar-refractivity contribution in [2.45, 2.75) is 50.7 Å². The standard InChI is InChI=1S/C27H28BrN3O2/c28-23-3-1-2-4-24(23)33-17-18-5-7-22(8-6-18)26(32)29-25-9-10-31(30-25)27-14-19-11-20(15-27)13-21(12-19)16-27/h1-10,19-21H,11-17H2,(H,29,30,32). The van der Waals surface area contributed by atoms with E-state index in [4.69, 9.17) is 9.84 Å². The first-order valence-electron chi connectivity index (χ1n) is 11.9. The lowest BCUT2D eigenvalue weighted by molar-refractivity contribution is -0.0492. The summed E-state index contributed by atoms with van der Waals surface area (Å²) in [5.41, 5.74) is 1.80. The Labute approximate surface area is 202 Å². The minimum atomic E-state index is -0.135. The van der Waals surface area contributed by atoms with Crippen LogP contribution in [-0.2, 0) is 12.1 Å². The van der Waals surface area contributed by atoms with Gasteiger partial charge in [-0.25, -0.2) is 0 Å². The molecule has 1 aromatic heterocycles. The quantitative estimate of drug-likeness (QED) is 0.421. The summed E-state index contributed by atoms with van der Waals surface area (Å²) >= 11 is 3.49. The molecule has 4 aliphatic carbocycles. The van der Waals surface area contributed by atoms with Gasteiger partial charge >= 0.3 is 0 Å². The Kier molecular flexibility index (Phi) is 5.28. The lowest BCUT2D eigenvalue weighted by Gasteiger charge is -2.56. The number of anilines is 1. The number of nitrogens with one attached hydrogen (secondary N) is 1. The molecule has 1 amide bonds. The molecule has 2 aromatic carbocycles.